The number of para-hydroxylation sites is 1. The standard InChI is InChI=1S/C30H23N5O3/c1-2-19-37-25-17-15-21(16-18-25)20-7-9-22(10-8-20)28-32-33-29(38-28)23-11-13-24(14-12-23)30(36)35-27-6-4-3-5-26(27)31-34-35/h3-18H,2,19H2,1H3. The van der Waals surface area contributed by atoms with Crippen LogP contribution in [0, 0.1) is 0 Å². The lowest BCUT2D eigenvalue weighted by atomic mass is 10.0. The first-order chi connectivity index (χ1) is 18.7. The number of benzene rings is 4. The zero-order chi connectivity index (χ0) is 25.9. The Labute approximate surface area is 218 Å². The van der Waals surface area contributed by atoms with E-state index in [4.69, 9.17) is 9.15 Å². The third-order valence-electron chi connectivity index (χ3n) is 6.14. The minimum Gasteiger partial charge on any atom is -0.494 e. The lowest BCUT2D eigenvalue weighted by Crippen LogP contribution is -2.13. The fraction of sp³-hybridized carbons (Fsp3) is 0.100. The van der Waals surface area contributed by atoms with E-state index in [1.165, 1.54) is 4.68 Å². The summed E-state index contributed by atoms with van der Waals surface area (Å²) in [6.07, 6.45) is 0.979. The second kappa shape index (κ2) is 10.1. The molecule has 8 nitrogen and oxygen atoms in total. The van der Waals surface area contributed by atoms with Gasteiger partial charge < -0.3 is 9.15 Å². The van der Waals surface area contributed by atoms with Crippen LogP contribution in [0.15, 0.2) is 101 Å². The molecule has 0 aliphatic heterocycles. The summed E-state index contributed by atoms with van der Waals surface area (Å²) in [6, 6.07) is 30.3. The first-order valence-electron chi connectivity index (χ1n) is 12.3. The summed E-state index contributed by atoms with van der Waals surface area (Å²) in [5.74, 6) is 1.40. The van der Waals surface area contributed by atoms with Gasteiger partial charge in [0.25, 0.3) is 5.91 Å². The molecule has 0 unspecified atom stereocenters. The summed E-state index contributed by atoms with van der Waals surface area (Å²) in [7, 11) is 0. The fourth-order valence-electron chi connectivity index (χ4n) is 4.12. The third kappa shape index (κ3) is 4.55. The predicted octanol–water partition coefficient (Wildman–Crippen LogP) is 6.29. The van der Waals surface area contributed by atoms with Crippen LogP contribution in [-0.2, 0) is 0 Å². The fourth-order valence-corrected chi connectivity index (χ4v) is 4.12. The molecular weight excluding hydrogens is 478 g/mol. The maximum absolute atomic E-state index is 12.9. The van der Waals surface area contributed by atoms with Gasteiger partial charge >= 0.3 is 0 Å². The summed E-state index contributed by atoms with van der Waals surface area (Å²) >= 11 is 0. The van der Waals surface area contributed by atoms with E-state index in [0.717, 1.165) is 28.9 Å². The Bertz CT molecular complexity index is 1700. The van der Waals surface area contributed by atoms with Crippen molar-refractivity contribution in [1.82, 2.24) is 25.2 Å². The Morgan fingerprint density at radius 3 is 1.97 bits per heavy atom. The smallest absolute Gasteiger partial charge is 0.280 e. The molecule has 8 heteroatoms. The molecule has 0 fully saturated rings. The van der Waals surface area contributed by atoms with Gasteiger partial charge in [0.1, 0.15) is 11.3 Å². The van der Waals surface area contributed by atoms with Crippen LogP contribution in [0.25, 0.3) is 45.1 Å². The van der Waals surface area contributed by atoms with Gasteiger partial charge in [0.05, 0.1) is 12.1 Å². The minimum absolute atomic E-state index is 0.264. The lowest BCUT2D eigenvalue weighted by Gasteiger charge is -2.06. The van der Waals surface area contributed by atoms with Crippen LogP contribution >= 0.6 is 0 Å². The van der Waals surface area contributed by atoms with Crippen molar-refractivity contribution in [1.29, 1.82) is 0 Å². The molecule has 0 saturated heterocycles. The van der Waals surface area contributed by atoms with Crippen LogP contribution in [0.3, 0.4) is 0 Å². The summed E-state index contributed by atoms with van der Waals surface area (Å²) in [5.41, 5.74) is 5.51. The second-order valence-electron chi connectivity index (χ2n) is 8.74. The molecule has 4 aromatic carbocycles. The highest BCUT2D eigenvalue weighted by Crippen LogP contribution is 2.28. The van der Waals surface area contributed by atoms with E-state index in [1.54, 1.807) is 24.3 Å². The van der Waals surface area contributed by atoms with E-state index in [2.05, 4.69) is 27.4 Å². The number of ether oxygens (including phenoxy) is 1. The molecule has 0 amide bonds. The van der Waals surface area contributed by atoms with E-state index in [1.807, 2.05) is 72.8 Å². The van der Waals surface area contributed by atoms with Gasteiger partial charge in [-0.15, -0.1) is 15.3 Å². The molecule has 38 heavy (non-hydrogen) atoms. The van der Waals surface area contributed by atoms with Gasteiger partial charge in [-0.05, 0) is 78.2 Å². The van der Waals surface area contributed by atoms with Crippen LogP contribution in [0.1, 0.15) is 23.7 Å². The molecule has 0 spiro atoms. The van der Waals surface area contributed by atoms with Gasteiger partial charge in [-0.3, -0.25) is 4.79 Å². The predicted molar refractivity (Wildman–Crippen MR) is 144 cm³/mol. The first-order valence-corrected chi connectivity index (χ1v) is 12.3. The van der Waals surface area contributed by atoms with Gasteiger partial charge in [0.15, 0.2) is 0 Å². The highest BCUT2D eigenvalue weighted by molar-refractivity contribution is 6.00. The number of hydrogen-bond donors (Lipinski definition) is 0. The van der Waals surface area contributed by atoms with E-state index < -0.39 is 0 Å². The van der Waals surface area contributed by atoms with Crippen molar-refractivity contribution in [3.05, 3.63) is 103 Å². The monoisotopic (exact) mass is 501 g/mol. The van der Waals surface area contributed by atoms with Crippen molar-refractivity contribution in [3.63, 3.8) is 0 Å². The molecule has 0 atom stereocenters. The van der Waals surface area contributed by atoms with E-state index in [-0.39, 0.29) is 5.91 Å². The van der Waals surface area contributed by atoms with Gasteiger partial charge in [-0.25, -0.2) is 0 Å². The average molecular weight is 502 g/mol. The van der Waals surface area contributed by atoms with E-state index >= 15 is 0 Å². The van der Waals surface area contributed by atoms with Gasteiger partial charge in [0.2, 0.25) is 11.8 Å². The van der Waals surface area contributed by atoms with E-state index in [0.29, 0.717) is 40.5 Å². The number of fused-ring (bicyclic) bond motifs is 1. The van der Waals surface area contributed by atoms with Crippen LogP contribution in [-0.4, -0.2) is 37.7 Å². The molecule has 2 heterocycles. The Kier molecular flexibility index (Phi) is 6.19. The Hall–Kier alpha value is -5.11. The first kappa shape index (κ1) is 23.3. The molecule has 0 bridgehead atoms. The topological polar surface area (TPSA) is 95.9 Å². The molecule has 186 valence electrons. The molecular formula is C30H23N5O3. The third-order valence-corrected chi connectivity index (χ3v) is 6.14. The molecule has 0 N–H and O–H groups in total. The van der Waals surface area contributed by atoms with Gasteiger partial charge in [-0.1, -0.05) is 48.5 Å². The molecule has 6 rings (SSSR count). The van der Waals surface area contributed by atoms with Crippen LogP contribution < -0.4 is 4.74 Å². The summed E-state index contributed by atoms with van der Waals surface area (Å²) < 4.78 is 12.9. The molecule has 0 aliphatic rings. The molecule has 0 aliphatic carbocycles. The number of aromatic nitrogens is 5. The Balaban J connectivity index is 1.17. The summed E-state index contributed by atoms with van der Waals surface area (Å²) in [4.78, 5) is 12.9. The number of nitrogens with zero attached hydrogens (tertiary/aromatic N) is 5. The van der Waals surface area contributed by atoms with Crippen molar-refractivity contribution in [2.75, 3.05) is 6.61 Å². The Morgan fingerprint density at radius 1 is 0.737 bits per heavy atom. The number of carbonyl (C=O) groups is 1. The average Bonchev–Trinajstić information content (AvgIpc) is 3.64. The van der Waals surface area contributed by atoms with Crippen molar-refractivity contribution < 1.29 is 13.9 Å². The number of rotatable bonds is 7. The normalized spacial score (nSPS) is 11.1. The molecule has 0 radical (unpaired) electrons. The van der Waals surface area contributed by atoms with Crippen LogP contribution in [0.4, 0.5) is 0 Å². The van der Waals surface area contributed by atoms with Crippen molar-refractivity contribution in [2.45, 2.75) is 13.3 Å². The zero-order valence-electron chi connectivity index (χ0n) is 20.6. The highest BCUT2D eigenvalue weighted by atomic mass is 16.5. The highest BCUT2D eigenvalue weighted by Gasteiger charge is 2.16. The van der Waals surface area contributed by atoms with Crippen molar-refractivity contribution in [3.8, 4) is 39.8 Å². The maximum Gasteiger partial charge on any atom is 0.280 e. The quantitative estimate of drug-likeness (QED) is 0.253. The summed E-state index contributed by atoms with van der Waals surface area (Å²) in [6.45, 7) is 2.80. The van der Waals surface area contributed by atoms with E-state index in [9.17, 15) is 4.79 Å². The molecule has 2 aromatic heterocycles. The van der Waals surface area contributed by atoms with Gasteiger partial charge in [-0.2, -0.15) is 4.68 Å². The van der Waals surface area contributed by atoms with Crippen LogP contribution in [0.2, 0.25) is 0 Å². The number of hydrogen-bond acceptors (Lipinski definition) is 7. The number of carbonyl (C=O) groups excluding carboxylic acids is 1. The molecule has 0 saturated carbocycles. The maximum atomic E-state index is 12.9. The van der Waals surface area contributed by atoms with Crippen molar-refractivity contribution >= 4 is 16.9 Å². The Morgan fingerprint density at radius 2 is 1.32 bits per heavy atom. The zero-order valence-corrected chi connectivity index (χ0v) is 20.6. The lowest BCUT2D eigenvalue weighted by molar-refractivity contribution is 0.0948. The second-order valence-corrected chi connectivity index (χ2v) is 8.74. The summed E-state index contributed by atoms with van der Waals surface area (Å²) in [5, 5.41) is 16.5. The molecule has 6 aromatic rings. The largest absolute Gasteiger partial charge is 0.494 e. The minimum atomic E-state index is -0.264. The van der Waals surface area contributed by atoms with Crippen LogP contribution in [0.5, 0.6) is 5.75 Å². The van der Waals surface area contributed by atoms with Gasteiger partial charge in [0, 0.05) is 16.7 Å². The van der Waals surface area contributed by atoms with Crippen molar-refractivity contribution in [2.24, 2.45) is 0 Å². The SMILES string of the molecule is CCCOc1ccc(-c2ccc(-c3nnc(-c4ccc(C(=O)n5nnc6ccccc65)cc4)o3)cc2)cc1.